The van der Waals surface area contributed by atoms with E-state index in [-0.39, 0.29) is 0 Å². The fourth-order valence-electron chi connectivity index (χ4n) is 4.16. The van der Waals surface area contributed by atoms with Gasteiger partial charge in [-0.1, -0.05) is 38.3 Å². The van der Waals surface area contributed by atoms with Crippen LogP contribution in [-0.2, 0) is 13.0 Å². The third-order valence-corrected chi connectivity index (χ3v) is 5.50. The van der Waals surface area contributed by atoms with Crippen molar-refractivity contribution < 1.29 is 0 Å². The quantitative estimate of drug-likeness (QED) is 0.895. The summed E-state index contributed by atoms with van der Waals surface area (Å²) in [6.07, 6.45) is 9.49. The van der Waals surface area contributed by atoms with E-state index in [0.29, 0.717) is 0 Å². The molecule has 1 aliphatic heterocycles. The molecule has 2 unspecified atom stereocenters. The Bertz CT molecular complexity index is 469. The highest BCUT2D eigenvalue weighted by Gasteiger charge is 2.23. The van der Waals surface area contributed by atoms with E-state index in [1.807, 2.05) is 0 Å². The fourth-order valence-corrected chi connectivity index (χ4v) is 4.16. The Kier molecular flexibility index (Phi) is 4.84. The lowest BCUT2D eigenvalue weighted by atomic mass is 9.83. The monoisotopic (exact) mass is 286 g/mol. The highest BCUT2D eigenvalue weighted by Crippen LogP contribution is 2.29. The first-order valence-electron chi connectivity index (χ1n) is 8.84. The van der Waals surface area contributed by atoms with E-state index >= 15 is 0 Å². The summed E-state index contributed by atoms with van der Waals surface area (Å²) in [5.74, 6) is 0.891. The first kappa shape index (κ1) is 14.9. The Hall–Kier alpha value is -1.02. The summed E-state index contributed by atoms with van der Waals surface area (Å²) in [7, 11) is 2.21. The maximum Gasteiger partial charge on any atom is 0.0396 e. The van der Waals surface area contributed by atoms with Crippen molar-refractivity contribution in [3.05, 3.63) is 29.3 Å². The minimum Gasteiger partial charge on any atom is -0.374 e. The molecular weight excluding hydrogens is 256 g/mol. The van der Waals surface area contributed by atoms with Crippen LogP contribution in [0.25, 0.3) is 0 Å². The predicted molar refractivity (Wildman–Crippen MR) is 90.9 cm³/mol. The average Bonchev–Trinajstić information content (AvgIpc) is 2.53. The second-order valence-electron chi connectivity index (χ2n) is 6.93. The summed E-state index contributed by atoms with van der Waals surface area (Å²) < 4.78 is 0. The van der Waals surface area contributed by atoms with E-state index < -0.39 is 0 Å². The zero-order valence-electron chi connectivity index (χ0n) is 13.7. The number of aryl methyl sites for hydroxylation is 1. The van der Waals surface area contributed by atoms with Gasteiger partial charge in [0.2, 0.25) is 0 Å². The molecule has 0 bridgehead atoms. The smallest absolute Gasteiger partial charge is 0.0396 e. The van der Waals surface area contributed by atoms with Crippen molar-refractivity contribution >= 4 is 5.69 Å². The molecule has 2 aliphatic rings. The SMILES string of the molecule is CCC1CCCCC1NCc1ccc2c(c1)CCCN2C. The molecule has 2 nitrogen and oxygen atoms in total. The van der Waals surface area contributed by atoms with Crippen LogP contribution in [0.15, 0.2) is 18.2 Å². The molecule has 1 saturated carbocycles. The number of benzene rings is 1. The van der Waals surface area contributed by atoms with Gasteiger partial charge >= 0.3 is 0 Å². The van der Waals surface area contributed by atoms with Crippen molar-refractivity contribution in [1.82, 2.24) is 5.32 Å². The molecule has 0 saturated heterocycles. The standard InChI is InChI=1S/C19H30N2/c1-3-16-7-4-5-9-18(16)20-14-15-10-11-19-17(13-15)8-6-12-21(19)2/h10-11,13,16,18,20H,3-9,12,14H2,1-2H3. The van der Waals surface area contributed by atoms with Gasteiger partial charge in [0.05, 0.1) is 0 Å². The van der Waals surface area contributed by atoms with Gasteiger partial charge in [-0.3, -0.25) is 0 Å². The minimum atomic E-state index is 0.738. The van der Waals surface area contributed by atoms with E-state index in [0.717, 1.165) is 18.5 Å². The summed E-state index contributed by atoms with van der Waals surface area (Å²) in [5.41, 5.74) is 4.44. The number of fused-ring (bicyclic) bond motifs is 1. The van der Waals surface area contributed by atoms with Gasteiger partial charge in [-0.25, -0.2) is 0 Å². The van der Waals surface area contributed by atoms with E-state index in [4.69, 9.17) is 0 Å². The predicted octanol–water partition coefficient (Wildman–Crippen LogP) is 4.13. The van der Waals surface area contributed by atoms with Crippen molar-refractivity contribution in [2.24, 2.45) is 5.92 Å². The fraction of sp³-hybridized carbons (Fsp3) is 0.684. The Balaban J connectivity index is 1.62. The maximum absolute atomic E-state index is 3.84. The summed E-state index contributed by atoms with van der Waals surface area (Å²) in [6.45, 7) is 4.59. The van der Waals surface area contributed by atoms with Crippen molar-refractivity contribution in [2.45, 2.75) is 64.5 Å². The molecule has 0 radical (unpaired) electrons. The largest absolute Gasteiger partial charge is 0.374 e. The maximum atomic E-state index is 3.84. The molecule has 0 aromatic heterocycles. The van der Waals surface area contributed by atoms with Gasteiger partial charge in [-0.2, -0.15) is 0 Å². The number of anilines is 1. The van der Waals surface area contributed by atoms with Crippen molar-refractivity contribution in [2.75, 3.05) is 18.5 Å². The van der Waals surface area contributed by atoms with Gasteiger partial charge in [-0.05, 0) is 48.8 Å². The molecule has 1 aliphatic carbocycles. The van der Waals surface area contributed by atoms with Crippen LogP contribution in [0.4, 0.5) is 5.69 Å². The summed E-state index contributed by atoms with van der Waals surface area (Å²) >= 11 is 0. The number of rotatable bonds is 4. The first-order valence-corrected chi connectivity index (χ1v) is 8.84. The second kappa shape index (κ2) is 6.83. The van der Waals surface area contributed by atoms with Crippen molar-refractivity contribution in [3.8, 4) is 0 Å². The van der Waals surface area contributed by atoms with Gasteiger partial charge in [0.15, 0.2) is 0 Å². The molecule has 1 fully saturated rings. The average molecular weight is 286 g/mol. The van der Waals surface area contributed by atoms with Crippen LogP contribution in [0.1, 0.15) is 56.6 Å². The summed E-state index contributed by atoms with van der Waals surface area (Å²) in [4.78, 5) is 2.39. The molecule has 2 atom stereocenters. The van der Waals surface area contributed by atoms with Crippen LogP contribution in [0.5, 0.6) is 0 Å². The molecule has 21 heavy (non-hydrogen) atoms. The van der Waals surface area contributed by atoms with Gasteiger partial charge in [0, 0.05) is 31.9 Å². The van der Waals surface area contributed by atoms with Crippen LogP contribution in [0, 0.1) is 5.92 Å². The highest BCUT2D eigenvalue weighted by molar-refractivity contribution is 5.56. The van der Waals surface area contributed by atoms with Crippen LogP contribution in [0.2, 0.25) is 0 Å². The Morgan fingerprint density at radius 3 is 2.90 bits per heavy atom. The number of nitrogens with one attached hydrogen (secondary N) is 1. The van der Waals surface area contributed by atoms with Crippen molar-refractivity contribution in [1.29, 1.82) is 0 Å². The van der Waals surface area contributed by atoms with Crippen molar-refractivity contribution in [3.63, 3.8) is 0 Å². The Morgan fingerprint density at radius 2 is 2.05 bits per heavy atom. The third kappa shape index (κ3) is 3.42. The molecule has 1 heterocycles. The minimum absolute atomic E-state index is 0.738. The normalized spacial score (nSPS) is 25.7. The highest BCUT2D eigenvalue weighted by atomic mass is 15.1. The Labute approximate surface area is 129 Å². The summed E-state index contributed by atoms with van der Waals surface area (Å²) in [6, 6.07) is 7.81. The van der Waals surface area contributed by atoms with Gasteiger partial charge in [0.1, 0.15) is 0 Å². The number of nitrogens with zero attached hydrogens (tertiary/aromatic N) is 1. The van der Waals surface area contributed by atoms with Crippen LogP contribution < -0.4 is 10.2 Å². The lowest BCUT2D eigenvalue weighted by molar-refractivity contribution is 0.254. The van der Waals surface area contributed by atoms with Gasteiger partial charge in [-0.15, -0.1) is 0 Å². The molecule has 3 rings (SSSR count). The zero-order valence-corrected chi connectivity index (χ0v) is 13.7. The second-order valence-corrected chi connectivity index (χ2v) is 6.93. The van der Waals surface area contributed by atoms with E-state index in [9.17, 15) is 0 Å². The van der Waals surface area contributed by atoms with E-state index in [1.54, 1.807) is 5.56 Å². The van der Waals surface area contributed by atoms with Crippen LogP contribution >= 0.6 is 0 Å². The Morgan fingerprint density at radius 1 is 1.19 bits per heavy atom. The van der Waals surface area contributed by atoms with Gasteiger partial charge in [0.25, 0.3) is 0 Å². The van der Waals surface area contributed by atoms with E-state index in [2.05, 4.69) is 42.4 Å². The summed E-state index contributed by atoms with van der Waals surface area (Å²) in [5, 5.41) is 3.84. The number of hydrogen-bond donors (Lipinski definition) is 1. The molecule has 1 aromatic rings. The molecule has 0 amide bonds. The molecule has 116 valence electrons. The van der Waals surface area contributed by atoms with Gasteiger partial charge < -0.3 is 10.2 Å². The third-order valence-electron chi connectivity index (χ3n) is 5.50. The lowest BCUT2D eigenvalue weighted by Crippen LogP contribution is -2.37. The van der Waals surface area contributed by atoms with Crippen LogP contribution in [-0.4, -0.2) is 19.6 Å². The van der Waals surface area contributed by atoms with E-state index in [1.165, 1.54) is 62.7 Å². The lowest BCUT2D eigenvalue weighted by Gasteiger charge is -2.32. The molecule has 0 spiro atoms. The molecule has 1 N–H and O–H groups in total. The molecular formula is C19H30N2. The van der Waals surface area contributed by atoms with Crippen LogP contribution in [0.3, 0.4) is 0 Å². The molecule has 1 aromatic carbocycles. The molecule has 2 heteroatoms. The zero-order chi connectivity index (χ0) is 14.7. The topological polar surface area (TPSA) is 15.3 Å². The first-order chi connectivity index (χ1) is 10.3. The number of hydrogen-bond acceptors (Lipinski definition) is 2.